The van der Waals surface area contributed by atoms with E-state index in [1.807, 2.05) is 49.4 Å². The Balaban J connectivity index is 1.88. The fourth-order valence-corrected chi connectivity index (χ4v) is 3.01. The van der Waals surface area contributed by atoms with Crippen LogP contribution in [-0.2, 0) is 17.8 Å². The van der Waals surface area contributed by atoms with Crippen LogP contribution in [0.25, 0.3) is 0 Å². The molecule has 0 heterocycles. The summed E-state index contributed by atoms with van der Waals surface area (Å²) in [6.07, 6.45) is 9.40. The first-order chi connectivity index (χ1) is 14.5. The molecule has 4 heteroatoms. The van der Waals surface area contributed by atoms with Gasteiger partial charge < -0.3 is 15.8 Å². The van der Waals surface area contributed by atoms with Crippen molar-refractivity contribution in [3.05, 3.63) is 83.1 Å². The maximum atomic E-state index is 12.4. The highest BCUT2D eigenvalue weighted by atomic mass is 16.5. The van der Waals surface area contributed by atoms with Gasteiger partial charge in [0.15, 0.2) is 0 Å². The van der Waals surface area contributed by atoms with Gasteiger partial charge in [-0.2, -0.15) is 0 Å². The number of carbonyl (C=O) groups excluding carboxylic acids is 1. The highest BCUT2D eigenvalue weighted by Crippen LogP contribution is 2.22. The quantitative estimate of drug-likeness (QED) is 0.272. The summed E-state index contributed by atoms with van der Waals surface area (Å²) in [5.74, 6) is 1.43. The Bertz CT molecular complexity index is 846. The monoisotopic (exact) mass is 406 g/mol. The van der Waals surface area contributed by atoms with Crippen molar-refractivity contribution in [3.8, 4) is 11.5 Å². The van der Waals surface area contributed by atoms with Crippen LogP contribution >= 0.6 is 0 Å². The van der Waals surface area contributed by atoms with E-state index in [0.717, 1.165) is 29.9 Å². The zero-order valence-corrected chi connectivity index (χ0v) is 18.4. The first kappa shape index (κ1) is 23.3. The molecule has 0 fully saturated rings. The zero-order valence-electron chi connectivity index (χ0n) is 18.4. The molecule has 0 aliphatic heterocycles. The number of hydrogen-bond donors (Lipinski definition) is 2. The smallest absolute Gasteiger partial charge is 0.253 e. The van der Waals surface area contributed by atoms with Crippen molar-refractivity contribution in [2.45, 2.75) is 59.4 Å². The summed E-state index contributed by atoms with van der Waals surface area (Å²) in [6.45, 7) is 6.40. The summed E-state index contributed by atoms with van der Waals surface area (Å²) in [7, 11) is 0. The minimum atomic E-state index is -0.168. The second-order valence-electron chi connectivity index (χ2n) is 7.44. The van der Waals surface area contributed by atoms with Crippen molar-refractivity contribution < 1.29 is 9.53 Å². The fourth-order valence-electron chi connectivity index (χ4n) is 3.01. The second-order valence-corrected chi connectivity index (χ2v) is 7.44. The predicted molar refractivity (Wildman–Crippen MR) is 124 cm³/mol. The number of hydrogen-bond acceptors (Lipinski definition) is 3. The summed E-state index contributed by atoms with van der Waals surface area (Å²) >= 11 is 0. The zero-order chi connectivity index (χ0) is 21.8. The molecule has 0 radical (unpaired) electrons. The van der Waals surface area contributed by atoms with Crippen molar-refractivity contribution in [1.82, 2.24) is 5.32 Å². The molecule has 0 aromatic heterocycles. The number of allylic oxidation sites excluding steroid dienone is 2. The van der Waals surface area contributed by atoms with Gasteiger partial charge in [-0.3, -0.25) is 4.79 Å². The van der Waals surface area contributed by atoms with Crippen LogP contribution in [0.1, 0.15) is 57.6 Å². The third-order valence-corrected chi connectivity index (χ3v) is 4.79. The van der Waals surface area contributed by atoms with E-state index in [2.05, 4.69) is 24.4 Å². The fraction of sp³-hybridized carbons (Fsp3) is 0.346. The molecule has 0 bridgehead atoms. The van der Waals surface area contributed by atoms with Gasteiger partial charge in [0.05, 0.1) is 5.57 Å². The van der Waals surface area contributed by atoms with E-state index in [9.17, 15) is 4.79 Å². The molecule has 2 aromatic carbocycles. The standard InChI is InChI=1S/C26H34N2O2/c1-4-6-8-9-21-11-15-23(16-12-21)30-24-17-13-22(14-18-24)19-28-26(29)25(20(3)27)10-7-5-2/h7,10-18H,4-6,8-9,19,27H2,1-3H3,(H,28,29)/b10-7-,25-20-. The molecule has 0 aliphatic rings. The number of aryl methyl sites for hydroxylation is 1. The van der Waals surface area contributed by atoms with Crippen LogP contribution in [0.3, 0.4) is 0 Å². The van der Waals surface area contributed by atoms with Gasteiger partial charge in [0, 0.05) is 12.2 Å². The number of unbranched alkanes of at least 4 members (excludes halogenated alkanes) is 2. The molecule has 4 nitrogen and oxygen atoms in total. The van der Waals surface area contributed by atoms with E-state index in [4.69, 9.17) is 10.5 Å². The third kappa shape index (κ3) is 7.78. The number of benzene rings is 2. The Kier molecular flexibility index (Phi) is 9.72. The lowest BCUT2D eigenvalue weighted by Gasteiger charge is -2.10. The molecule has 1 amide bonds. The molecule has 0 spiro atoms. The Hall–Kier alpha value is -3.01. The van der Waals surface area contributed by atoms with Crippen molar-refractivity contribution >= 4 is 5.91 Å². The first-order valence-corrected chi connectivity index (χ1v) is 10.8. The van der Waals surface area contributed by atoms with Gasteiger partial charge in [-0.05, 0) is 61.6 Å². The van der Waals surface area contributed by atoms with Crippen molar-refractivity contribution in [1.29, 1.82) is 0 Å². The lowest BCUT2D eigenvalue weighted by Crippen LogP contribution is -2.25. The number of nitrogens with two attached hydrogens (primary N) is 1. The van der Waals surface area contributed by atoms with Crippen LogP contribution < -0.4 is 15.8 Å². The second kappa shape index (κ2) is 12.5. The third-order valence-electron chi connectivity index (χ3n) is 4.79. The molecule has 0 saturated heterocycles. The molecule has 30 heavy (non-hydrogen) atoms. The maximum Gasteiger partial charge on any atom is 0.253 e. The van der Waals surface area contributed by atoms with E-state index >= 15 is 0 Å². The van der Waals surface area contributed by atoms with Gasteiger partial charge in [-0.25, -0.2) is 0 Å². The molecular formula is C26H34N2O2. The van der Waals surface area contributed by atoms with Crippen LogP contribution in [0.5, 0.6) is 11.5 Å². The number of rotatable bonds is 11. The van der Waals surface area contributed by atoms with E-state index in [1.54, 1.807) is 13.0 Å². The number of carbonyl (C=O) groups is 1. The minimum Gasteiger partial charge on any atom is -0.457 e. The maximum absolute atomic E-state index is 12.4. The summed E-state index contributed by atoms with van der Waals surface area (Å²) in [5.41, 5.74) is 9.19. The Morgan fingerprint density at radius 3 is 2.10 bits per heavy atom. The van der Waals surface area contributed by atoms with Crippen LogP contribution in [0.2, 0.25) is 0 Å². The molecular weight excluding hydrogens is 372 g/mol. The minimum absolute atomic E-state index is 0.168. The Labute approximate surface area is 180 Å². The number of ether oxygens (including phenoxy) is 1. The molecule has 2 rings (SSSR count). The largest absolute Gasteiger partial charge is 0.457 e. The van der Waals surface area contributed by atoms with Crippen LogP contribution in [0, 0.1) is 0 Å². The number of nitrogens with one attached hydrogen (secondary N) is 1. The number of amides is 1. The van der Waals surface area contributed by atoms with Gasteiger partial charge in [0.2, 0.25) is 0 Å². The Morgan fingerprint density at radius 2 is 1.57 bits per heavy atom. The average molecular weight is 407 g/mol. The summed E-state index contributed by atoms with van der Waals surface area (Å²) in [5, 5.41) is 2.92. The summed E-state index contributed by atoms with van der Waals surface area (Å²) in [4.78, 5) is 12.4. The van der Waals surface area contributed by atoms with E-state index < -0.39 is 0 Å². The topological polar surface area (TPSA) is 64.3 Å². The molecule has 0 unspecified atom stereocenters. The Morgan fingerprint density at radius 1 is 0.967 bits per heavy atom. The van der Waals surface area contributed by atoms with Crippen molar-refractivity contribution in [2.75, 3.05) is 0 Å². The van der Waals surface area contributed by atoms with Crippen molar-refractivity contribution in [2.24, 2.45) is 5.73 Å². The molecule has 0 atom stereocenters. The molecule has 160 valence electrons. The summed E-state index contributed by atoms with van der Waals surface area (Å²) < 4.78 is 5.93. The lowest BCUT2D eigenvalue weighted by atomic mass is 10.1. The highest BCUT2D eigenvalue weighted by Gasteiger charge is 2.08. The van der Waals surface area contributed by atoms with E-state index in [1.165, 1.54) is 24.8 Å². The SMILES string of the molecule is CC/C=C\C(C(=O)NCc1ccc(Oc2ccc(CCCCC)cc2)cc1)=C(/C)N. The van der Waals surface area contributed by atoms with Gasteiger partial charge >= 0.3 is 0 Å². The van der Waals surface area contributed by atoms with Gasteiger partial charge in [-0.1, -0.05) is 63.1 Å². The molecule has 2 aromatic rings. The molecule has 0 saturated carbocycles. The predicted octanol–water partition coefficient (Wildman–Crippen LogP) is 6.03. The van der Waals surface area contributed by atoms with Gasteiger partial charge in [0.1, 0.15) is 11.5 Å². The lowest BCUT2D eigenvalue weighted by molar-refractivity contribution is -0.117. The molecule has 0 aliphatic carbocycles. The van der Waals surface area contributed by atoms with Crippen LogP contribution in [0.4, 0.5) is 0 Å². The van der Waals surface area contributed by atoms with E-state index in [-0.39, 0.29) is 5.91 Å². The molecule has 3 N–H and O–H groups in total. The normalized spacial score (nSPS) is 12.0. The summed E-state index contributed by atoms with van der Waals surface area (Å²) in [6, 6.07) is 16.0. The average Bonchev–Trinajstić information content (AvgIpc) is 2.75. The van der Waals surface area contributed by atoms with Crippen LogP contribution in [0.15, 0.2) is 72.0 Å². The van der Waals surface area contributed by atoms with Crippen molar-refractivity contribution in [3.63, 3.8) is 0 Å². The van der Waals surface area contributed by atoms with Gasteiger partial charge in [-0.15, -0.1) is 0 Å². The van der Waals surface area contributed by atoms with Crippen LogP contribution in [-0.4, -0.2) is 5.91 Å². The van der Waals surface area contributed by atoms with E-state index in [0.29, 0.717) is 17.8 Å². The van der Waals surface area contributed by atoms with Gasteiger partial charge in [0.25, 0.3) is 5.91 Å². The first-order valence-electron chi connectivity index (χ1n) is 10.8. The highest BCUT2D eigenvalue weighted by molar-refractivity contribution is 5.96.